The number of thiocarbonyl (C=S) groups is 2. The van der Waals surface area contributed by atoms with Crippen LogP contribution in [0.25, 0.3) is 0 Å². The highest BCUT2D eigenvalue weighted by molar-refractivity contribution is 7.80. The zero-order valence-corrected chi connectivity index (χ0v) is 10.3. The van der Waals surface area contributed by atoms with Gasteiger partial charge in [-0.05, 0) is 43.0 Å². The van der Waals surface area contributed by atoms with Crippen molar-refractivity contribution in [3.05, 3.63) is 23.9 Å². The summed E-state index contributed by atoms with van der Waals surface area (Å²) in [5.41, 5.74) is 5.37. The molecule has 1 aromatic heterocycles. The Kier molecular flexibility index (Phi) is 7.06. The highest BCUT2D eigenvalue weighted by Gasteiger charge is 1.96. The van der Waals surface area contributed by atoms with Crippen molar-refractivity contribution in [1.82, 2.24) is 4.98 Å². The number of pyridine rings is 1. The topological polar surface area (TPSA) is 91.4 Å². The number of aliphatic hydroxyl groups is 2. The van der Waals surface area contributed by atoms with E-state index < -0.39 is 5.17 Å². The third-order valence-corrected chi connectivity index (χ3v) is 1.51. The van der Waals surface area contributed by atoms with Gasteiger partial charge in [0.2, 0.25) is 0 Å². The van der Waals surface area contributed by atoms with E-state index in [4.69, 9.17) is 10.2 Å². The number of hydrogen-bond acceptors (Lipinski definition) is 3. The van der Waals surface area contributed by atoms with E-state index in [0.717, 1.165) is 12.1 Å². The van der Waals surface area contributed by atoms with Crippen LogP contribution in [0.2, 0.25) is 0 Å². The molecule has 0 saturated heterocycles. The predicted octanol–water partition coefficient (Wildman–Crippen LogP) is 1.69. The Labute approximate surface area is 104 Å². The maximum atomic E-state index is 8.75. The number of aryl methyl sites for hydroxylation is 1. The molecule has 5 nitrogen and oxygen atoms in total. The molecule has 1 aromatic rings. The van der Waals surface area contributed by atoms with E-state index in [1.165, 1.54) is 0 Å². The lowest BCUT2D eigenvalue weighted by atomic mass is 10.3. The van der Waals surface area contributed by atoms with Gasteiger partial charge in [-0.25, -0.2) is 4.98 Å². The number of nitrogens with zero attached hydrogens (tertiary/aromatic N) is 1. The maximum absolute atomic E-state index is 8.75. The molecule has 0 aromatic carbocycles. The molecule has 0 saturated carbocycles. The Morgan fingerprint density at radius 3 is 2.44 bits per heavy atom. The molecule has 0 bridgehead atoms. The van der Waals surface area contributed by atoms with Crippen molar-refractivity contribution in [2.24, 2.45) is 5.73 Å². The minimum Gasteiger partial charge on any atom is -0.487 e. The zero-order chi connectivity index (χ0) is 12.6. The molecule has 1 rings (SSSR count). The first kappa shape index (κ1) is 14.5. The van der Waals surface area contributed by atoms with Crippen molar-refractivity contribution in [3.8, 4) is 0 Å². The number of hydrogen-bond donors (Lipinski definition) is 4. The summed E-state index contributed by atoms with van der Waals surface area (Å²) < 4.78 is 0. The molecule has 5 N–H and O–H groups in total. The van der Waals surface area contributed by atoms with Crippen molar-refractivity contribution >= 4 is 40.6 Å². The van der Waals surface area contributed by atoms with E-state index in [2.05, 4.69) is 40.5 Å². The number of nitrogens with one attached hydrogen (secondary N) is 1. The van der Waals surface area contributed by atoms with Gasteiger partial charge in [0.15, 0.2) is 0 Å². The molecule has 0 aliphatic carbocycles. The van der Waals surface area contributed by atoms with Crippen LogP contribution in [0.4, 0.5) is 5.82 Å². The smallest absolute Gasteiger partial charge is 0.259 e. The van der Waals surface area contributed by atoms with Gasteiger partial charge in [0.25, 0.3) is 10.3 Å². The number of aliphatic hydroxyl groups excluding tert-OH is 2. The van der Waals surface area contributed by atoms with Crippen molar-refractivity contribution < 1.29 is 10.2 Å². The van der Waals surface area contributed by atoms with Crippen molar-refractivity contribution in [2.75, 3.05) is 5.32 Å². The number of nitrogens with two attached hydrogens (primary N) is 1. The highest BCUT2D eigenvalue weighted by atomic mass is 32.1. The van der Waals surface area contributed by atoms with Crippen LogP contribution in [0.1, 0.15) is 12.6 Å². The van der Waals surface area contributed by atoms with E-state index in [1.807, 2.05) is 19.1 Å². The third-order valence-electron chi connectivity index (χ3n) is 1.40. The summed E-state index contributed by atoms with van der Waals surface area (Å²) >= 11 is 8.33. The molecule has 1 heterocycles. The SMILES string of the molecule is CCc1cccc(NC(O)=S)n1.NC(O)=S. The average molecular weight is 259 g/mol. The second kappa shape index (κ2) is 7.77. The molecule has 0 atom stereocenters. The molecule has 0 unspecified atom stereocenters. The minimum atomic E-state index is -0.500. The molecular weight excluding hydrogens is 246 g/mol. The molecule has 0 amide bonds. The lowest BCUT2D eigenvalue weighted by Crippen LogP contribution is -2.08. The Morgan fingerprint density at radius 2 is 2.00 bits per heavy atom. The molecular formula is C9H13N3O2S2. The normalized spacial score (nSPS) is 8.56. The molecule has 88 valence electrons. The summed E-state index contributed by atoms with van der Waals surface area (Å²) in [6.45, 7) is 2.02. The van der Waals surface area contributed by atoms with Crippen molar-refractivity contribution in [1.29, 1.82) is 0 Å². The summed E-state index contributed by atoms with van der Waals surface area (Å²) in [6, 6.07) is 5.54. The van der Waals surface area contributed by atoms with Gasteiger partial charge in [0, 0.05) is 5.69 Å². The van der Waals surface area contributed by atoms with Gasteiger partial charge in [-0.3, -0.25) is 0 Å². The number of aromatic nitrogens is 1. The first-order chi connectivity index (χ1) is 7.45. The van der Waals surface area contributed by atoms with E-state index in [9.17, 15) is 0 Å². The van der Waals surface area contributed by atoms with Crippen LogP contribution in [-0.2, 0) is 6.42 Å². The Balaban J connectivity index is 0.000000487. The Morgan fingerprint density at radius 1 is 1.44 bits per heavy atom. The fraction of sp³-hybridized carbons (Fsp3) is 0.222. The summed E-state index contributed by atoms with van der Waals surface area (Å²) in [7, 11) is 0. The van der Waals surface area contributed by atoms with Gasteiger partial charge >= 0.3 is 0 Å². The molecule has 0 spiro atoms. The molecule has 0 aliphatic heterocycles. The monoisotopic (exact) mass is 259 g/mol. The van der Waals surface area contributed by atoms with E-state index in [-0.39, 0.29) is 5.17 Å². The van der Waals surface area contributed by atoms with Crippen LogP contribution in [0, 0.1) is 0 Å². The summed E-state index contributed by atoms with van der Waals surface area (Å²) in [5, 5.41) is 18.1. The van der Waals surface area contributed by atoms with E-state index in [0.29, 0.717) is 5.82 Å². The lowest BCUT2D eigenvalue weighted by Gasteiger charge is -2.02. The standard InChI is InChI=1S/C8H10N2OS.CH3NOS/c1-2-6-4-3-5-7(9-6)10-8(11)12;2-1(3)4/h3-5H,2H2,1H3,(H2,9,10,11,12);(H3,2,3,4). The first-order valence-corrected chi connectivity index (χ1v) is 5.21. The molecule has 7 heteroatoms. The molecule has 16 heavy (non-hydrogen) atoms. The van der Waals surface area contributed by atoms with Crippen LogP contribution >= 0.6 is 24.4 Å². The number of rotatable bonds is 2. The van der Waals surface area contributed by atoms with Crippen molar-refractivity contribution in [2.45, 2.75) is 13.3 Å². The van der Waals surface area contributed by atoms with Crippen LogP contribution < -0.4 is 11.1 Å². The third kappa shape index (κ3) is 7.89. The quantitative estimate of drug-likeness (QED) is 0.601. The van der Waals surface area contributed by atoms with Crippen LogP contribution in [-0.4, -0.2) is 25.5 Å². The number of anilines is 1. The van der Waals surface area contributed by atoms with E-state index >= 15 is 0 Å². The zero-order valence-electron chi connectivity index (χ0n) is 8.67. The molecule has 0 radical (unpaired) electrons. The van der Waals surface area contributed by atoms with Crippen LogP contribution in [0.15, 0.2) is 18.2 Å². The minimum absolute atomic E-state index is 0.254. The van der Waals surface area contributed by atoms with Crippen LogP contribution in [0.5, 0.6) is 0 Å². The first-order valence-electron chi connectivity index (χ1n) is 4.40. The summed E-state index contributed by atoms with van der Waals surface area (Å²) in [5.74, 6) is 0.585. The largest absolute Gasteiger partial charge is 0.487 e. The average Bonchev–Trinajstić information content (AvgIpc) is 2.16. The van der Waals surface area contributed by atoms with Gasteiger partial charge in [0.1, 0.15) is 5.82 Å². The van der Waals surface area contributed by atoms with Gasteiger partial charge in [0.05, 0.1) is 0 Å². The second-order valence-electron chi connectivity index (χ2n) is 2.64. The van der Waals surface area contributed by atoms with Gasteiger partial charge in [-0.15, -0.1) is 0 Å². The Bertz CT molecular complexity index is 368. The lowest BCUT2D eigenvalue weighted by molar-refractivity contribution is 0.560. The highest BCUT2D eigenvalue weighted by Crippen LogP contribution is 2.04. The van der Waals surface area contributed by atoms with Crippen LogP contribution in [0.3, 0.4) is 0 Å². The van der Waals surface area contributed by atoms with Gasteiger partial charge in [-0.1, -0.05) is 13.0 Å². The molecule has 0 fully saturated rings. The Hall–Kier alpha value is -1.47. The van der Waals surface area contributed by atoms with Crippen molar-refractivity contribution in [3.63, 3.8) is 0 Å². The van der Waals surface area contributed by atoms with Gasteiger partial charge < -0.3 is 21.3 Å². The second-order valence-corrected chi connectivity index (χ2v) is 3.44. The summed E-state index contributed by atoms with van der Waals surface area (Å²) in [4.78, 5) is 4.17. The fourth-order valence-electron chi connectivity index (χ4n) is 0.856. The van der Waals surface area contributed by atoms with E-state index in [1.54, 1.807) is 6.07 Å². The predicted molar refractivity (Wildman–Crippen MR) is 71.9 cm³/mol. The fourth-order valence-corrected chi connectivity index (χ4v) is 0.960. The summed E-state index contributed by atoms with van der Waals surface area (Å²) in [6.07, 6.45) is 0.869. The molecule has 0 aliphatic rings. The maximum Gasteiger partial charge on any atom is 0.259 e. The van der Waals surface area contributed by atoms with Gasteiger partial charge in [-0.2, -0.15) is 0 Å².